The van der Waals surface area contributed by atoms with E-state index in [0.717, 1.165) is 69.7 Å². The summed E-state index contributed by atoms with van der Waals surface area (Å²) in [6.07, 6.45) is 2.03. The van der Waals surface area contributed by atoms with Crippen molar-refractivity contribution in [2.45, 2.75) is 45.3 Å². The third kappa shape index (κ3) is 4.70. The minimum atomic E-state index is 0.346. The van der Waals surface area contributed by atoms with Gasteiger partial charge in [0.25, 0.3) is 0 Å². The first-order chi connectivity index (χ1) is 12.0. The van der Waals surface area contributed by atoms with Gasteiger partial charge in [0.2, 0.25) is 0 Å². The average molecular weight is 348 g/mol. The number of guanidine groups is 1. The summed E-state index contributed by atoms with van der Waals surface area (Å²) in [6, 6.07) is 0.822. The van der Waals surface area contributed by atoms with Crippen molar-refractivity contribution in [3.8, 4) is 0 Å². The van der Waals surface area contributed by atoms with Crippen LogP contribution >= 0.6 is 0 Å². The van der Waals surface area contributed by atoms with Crippen LogP contribution in [0.1, 0.15) is 25.0 Å². The molecule has 3 heterocycles. The van der Waals surface area contributed by atoms with E-state index in [9.17, 15) is 0 Å². The van der Waals surface area contributed by atoms with Gasteiger partial charge in [-0.05, 0) is 34.4 Å². The van der Waals surface area contributed by atoms with Crippen LogP contribution in [0, 0.1) is 6.92 Å². The van der Waals surface area contributed by atoms with E-state index in [1.165, 1.54) is 0 Å². The SMILES string of the molecule is CCNC(=NCC1CN(C)CCN1C)NC1CCc2nc(C)nn2C1. The predicted molar refractivity (Wildman–Crippen MR) is 99.9 cm³/mol. The van der Waals surface area contributed by atoms with Crippen LogP contribution < -0.4 is 10.6 Å². The van der Waals surface area contributed by atoms with Crippen molar-refractivity contribution in [1.82, 2.24) is 35.2 Å². The first-order valence-corrected chi connectivity index (χ1v) is 9.39. The normalized spacial score (nSPS) is 25.7. The van der Waals surface area contributed by atoms with E-state index in [1.54, 1.807) is 0 Å². The molecule has 0 amide bonds. The van der Waals surface area contributed by atoms with Gasteiger partial charge in [-0.2, -0.15) is 5.10 Å². The van der Waals surface area contributed by atoms with Crippen molar-refractivity contribution >= 4 is 5.96 Å². The number of nitrogens with zero attached hydrogens (tertiary/aromatic N) is 6. The molecule has 0 spiro atoms. The molecule has 1 aromatic heterocycles. The van der Waals surface area contributed by atoms with Gasteiger partial charge in [0.05, 0.1) is 13.1 Å². The van der Waals surface area contributed by atoms with E-state index in [2.05, 4.69) is 51.5 Å². The van der Waals surface area contributed by atoms with Gasteiger partial charge in [-0.25, -0.2) is 9.67 Å². The minimum Gasteiger partial charge on any atom is -0.357 e. The van der Waals surface area contributed by atoms with Gasteiger partial charge in [-0.15, -0.1) is 0 Å². The zero-order chi connectivity index (χ0) is 17.8. The van der Waals surface area contributed by atoms with Crippen molar-refractivity contribution < 1.29 is 0 Å². The van der Waals surface area contributed by atoms with Crippen LogP contribution in [0.3, 0.4) is 0 Å². The number of nitrogens with one attached hydrogen (secondary N) is 2. The van der Waals surface area contributed by atoms with Gasteiger partial charge < -0.3 is 15.5 Å². The molecule has 140 valence electrons. The number of aliphatic imine (C=N–C) groups is 1. The van der Waals surface area contributed by atoms with Gasteiger partial charge in [0, 0.05) is 44.7 Å². The Morgan fingerprint density at radius 1 is 1.28 bits per heavy atom. The Kier molecular flexibility index (Phi) is 5.90. The van der Waals surface area contributed by atoms with Crippen molar-refractivity contribution in [3.05, 3.63) is 11.6 Å². The summed E-state index contributed by atoms with van der Waals surface area (Å²) >= 11 is 0. The number of hydrogen-bond donors (Lipinski definition) is 2. The second kappa shape index (κ2) is 8.14. The third-order valence-corrected chi connectivity index (χ3v) is 5.09. The predicted octanol–water partition coefficient (Wildman–Crippen LogP) is -0.298. The molecule has 2 unspecified atom stereocenters. The number of piperazine rings is 1. The lowest BCUT2D eigenvalue weighted by Gasteiger charge is -2.37. The highest BCUT2D eigenvalue weighted by Gasteiger charge is 2.23. The Morgan fingerprint density at radius 2 is 2.12 bits per heavy atom. The molecular formula is C17H32N8. The Bertz CT molecular complexity index is 595. The number of rotatable bonds is 4. The monoisotopic (exact) mass is 348 g/mol. The van der Waals surface area contributed by atoms with Gasteiger partial charge >= 0.3 is 0 Å². The fourth-order valence-electron chi connectivity index (χ4n) is 3.56. The second-order valence-corrected chi connectivity index (χ2v) is 7.25. The Balaban J connectivity index is 1.59. The largest absolute Gasteiger partial charge is 0.357 e. The van der Waals surface area contributed by atoms with Gasteiger partial charge in [-0.1, -0.05) is 0 Å². The zero-order valence-electron chi connectivity index (χ0n) is 16.0. The van der Waals surface area contributed by atoms with Crippen LogP contribution in [0.2, 0.25) is 0 Å². The third-order valence-electron chi connectivity index (χ3n) is 5.09. The standard InChI is InChI=1S/C17H32N8/c1-5-18-17(19-10-15-12-23(3)8-9-24(15)4)21-14-6-7-16-20-13(2)22-25(16)11-14/h14-15H,5-12H2,1-4H3,(H2,18,19,21). The highest BCUT2D eigenvalue weighted by molar-refractivity contribution is 5.80. The van der Waals surface area contributed by atoms with Crippen LogP contribution in [0.25, 0.3) is 0 Å². The maximum atomic E-state index is 4.86. The average Bonchev–Trinajstić information content (AvgIpc) is 2.95. The quantitative estimate of drug-likeness (QED) is 0.575. The number of aromatic nitrogens is 3. The summed E-state index contributed by atoms with van der Waals surface area (Å²) in [7, 11) is 4.39. The molecule has 0 aliphatic carbocycles. The number of likely N-dealkylation sites (N-methyl/N-ethyl adjacent to an activating group) is 2. The smallest absolute Gasteiger partial charge is 0.191 e. The molecule has 0 saturated carbocycles. The van der Waals surface area contributed by atoms with Crippen LogP contribution in [0.4, 0.5) is 0 Å². The maximum absolute atomic E-state index is 4.86. The Hall–Kier alpha value is -1.67. The molecule has 0 bridgehead atoms. The van der Waals surface area contributed by atoms with Crippen LogP contribution in [-0.2, 0) is 13.0 Å². The summed E-state index contributed by atoms with van der Waals surface area (Å²) < 4.78 is 2.03. The molecule has 0 aromatic carbocycles. The van der Waals surface area contributed by atoms with Crippen molar-refractivity contribution in [2.24, 2.45) is 4.99 Å². The molecule has 2 aliphatic rings. The molecule has 3 rings (SSSR count). The summed E-state index contributed by atoms with van der Waals surface area (Å²) in [5.41, 5.74) is 0. The fourth-order valence-corrected chi connectivity index (χ4v) is 3.56. The molecule has 1 aromatic rings. The molecule has 8 nitrogen and oxygen atoms in total. The number of hydrogen-bond acceptors (Lipinski definition) is 5. The van der Waals surface area contributed by atoms with E-state index in [-0.39, 0.29) is 0 Å². The molecule has 8 heteroatoms. The molecule has 25 heavy (non-hydrogen) atoms. The summed E-state index contributed by atoms with van der Waals surface area (Å²) in [6.45, 7) is 9.92. The lowest BCUT2D eigenvalue weighted by molar-refractivity contribution is 0.119. The van der Waals surface area contributed by atoms with Crippen molar-refractivity contribution in [3.63, 3.8) is 0 Å². The van der Waals surface area contributed by atoms with Gasteiger partial charge in [-0.3, -0.25) is 9.89 Å². The lowest BCUT2D eigenvalue weighted by Crippen LogP contribution is -2.52. The second-order valence-electron chi connectivity index (χ2n) is 7.25. The first-order valence-electron chi connectivity index (χ1n) is 9.39. The van der Waals surface area contributed by atoms with Crippen LogP contribution in [0.5, 0.6) is 0 Å². The van der Waals surface area contributed by atoms with E-state index in [4.69, 9.17) is 4.99 Å². The highest BCUT2D eigenvalue weighted by Crippen LogP contribution is 2.13. The van der Waals surface area contributed by atoms with E-state index >= 15 is 0 Å². The van der Waals surface area contributed by atoms with Crippen LogP contribution in [0.15, 0.2) is 4.99 Å². The zero-order valence-corrected chi connectivity index (χ0v) is 16.0. The Labute approximate surface area is 150 Å². The molecule has 1 saturated heterocycles. The Morgan fingerprint density at radius 3 is 2.92 bits per heavy atom. The van der Waals surface area contributed by atoms with E-state index < -0.39 is 0 Å². The lowest BCUT2D eigenvalue weighted by atomic mass is 10.1. The molecule has 1 fully saturated rings. The van der Waals surface area contributed by atoms with Crippen molar-refractivity contribution in [2.75, 3.05) is 46.8 Å². The summed E-state index contributed by atoms with van der Waals surface area (Å²) in [5.74, 6) is 2.87. The number of aryl methyl sites for hydroxylation is 2. The highest BCUT2D eigenvalue weighted by atomic mass is 15.4. The maximum Gasteiger partial charge on any atom is 0.191 e. The summed E-state index contributed by atoms with van der Waals surface area (Å²) in [5, 5.41) is 11.5. The molecule has 0 radical (unpaired) electrons. The van der Waals surface area contributed by atoms with Crippen molar-refractivity contribution in [1.29, 1.82) is 0 Å². The summed E-state index contributed by atoms with van der Waals surface area (Å²) in [4.78, 5) is 14.1. The van der Waals surface area contributed by atoms with E-state index in [1.807, 2.05) is 11.6 Å². The molecule has 2 aliphatic heterocycles. The fraction of sp³-hybridized carbons (Fsp3) is 0.824. The van der Waals surface area contributed by atoms with Gasteiger partial charge in [0.1, 0.15) is 11.6 Å². The molecule has 2 atom stereocenters. The molecular weight excluding hydrogens is 316 g/mol. The topological polar surface area (TPSA) is 73.6 Å². The number of fused-ring (bicyclic) bond motifs is 1. The molecule has 2 N–H and O–H groups in total. The van der Waals surface area contributed by atoms with E-state index in [0.29, 0.717) is 12.1 Å². The van der Waals surface area contributed by atoms with Gasteiger partial charge in [0.15, 0.2) is 5.96 Å². The van der Waals surface area contributed by atoms with Crippen LogP contribution in [-0.4, -0.2) is 89.4 Å². The first kappa shape index (κ1) is 18.1. The minimum absolute atomic E-state index is 0.346.